The van der Waals surface area contributed by atoms with Crippen molar-refractivity contribution in [1.82, 2.24) is 0 Å². The van der Waals surface area contributed by atoms with Crippen LogP contribution in [0, 0.1) is 0 Å². The van der Waals surface area contributed by atoms with Gasteiger partial charge >= 0.3 is 0 Å². The lowest BCUT2D eigenvalue weighted by molar-refractivity contribution is 0.431. The summed E-state index contributed by atoms with van der Waals surface area (Å²) in [6.07, 6.45) is 0. The molecule has 0 aliphatic carbocycles. The van der Waals surface area contributed by atoms with Crippen LogP contribution in [-0.2, 0) is 5.41 Å². The number of anilines is 3. The Morgan fingerprint density at radius 1 is 0.396 bits per heavy atom. The molecule has 2 aliphatic heterocycles. The summed E-state index contributed by atoms with van der Waals surface area (Å²) < 4.78 is 13.3. The van der Waals surface area contributed by atoms with Crippen molar-refractivity contribution in [2.45, 2.75) is 15.2 Å². The normalized spacial score (nSPS) is 13.5. The van der Waals surface area contributed by atoms with Gasteiger partial charge in [0.05, 0.1) is 5.41 Å². The van der Waals surface area contributed by atoms with Gasteiger partial charge in [0, 0.05) is 54.8 Å². The van der Waals surface area contributed by atoms with Crippen LogP contribution in [0.1, 0.15) is 22.3 Å². The zero-order valence-corrected chi connectivity index (χ0v) is 29.4. The molecule has 3 nitrogen and oxygen atoms in total. The summed E-state index contributed by atoms with van der Waals surface area (Å²) in [5.41, 5.74) is 11.4. The Kier molecular flexibility index (Phi) is 6.70. The molecule has 0 saturated carbocycles. The van der Waals surface area contributed by atoms with Crippen molar-refractivity contribution < 1.29 is 9.15 Å². The summed E-state index contributed by atoms with van der Waals surface area (Å²) in [5.74, 6) is 1.77. The number of hydrogen-bond acceptors (Lipinski definition) is 4. The van der Waals surface area contributed by atoms with Gasteiger partial charge in [0.15, 0.2) is 0 Å². The van der Waals surface area contributed by atoms with Gasteiger partial charge in [-0.3, -0.25) is 0 Å². The van der Waals surface area contributed by atoms with Crippen molar-refractivity contribution in [2.75, 3.05) is 4.90 Å². The van der Waals surface area contributed by atoms with Gasteiger partial charge in [-0.25, -0.2) is 0 Å². The van der Waals surface area contributed by atoms with Crippen LogP contribution in [-0.4, -0.2) is 0 Å². The van der Waals surface area contributed by atoms with E-state index < -0.39 is 5.41 Å². The second-order valence-corrected chi connectivity index (χ2v) is 14.7. The molecule has 0 bridgehead atoms. The first-order chi connectivity index (χ1) is 26.3. The van der Waals surface area contributed by atoms with Crippen molar-refractivity contribution in [3.8, 4) is 22.6 Å². The Balaban J connectivity index is 1.13. The topological polar surface area (TPSA) is 25.6 Å². The molecule has 0 unspecified atom stereocenters. The second-order valence-electron chi connectivity index (χ2n) is 13.7. The largest absolute Gasteiger partial charge is 0.457 e. The molecule has 53 heavy (non-hydrogen) atoms. The Bertz CT molecular complexity index is 2760. The molecule has 0 N–H and O–H groups in total. The maximum atomic E-state index is 6.63. The molecule has 2 aliphatic rings. The summed E-state index contributed by atoms with van der Waals surface area (Å²) in [7, 11) is 0. The van der Waals surface area contributed by atoms with Gasteiger partial charge in [-0.1, -0.05) is 121 Å². The Labute approximate surface area is 311 Å². The molecule has 0 atom stereocenters. The first-order valence-electron chi connectivity index (χ1n) is 17.9. The molecule has 3 heterocycles. The predicted molar refractivity (Wildman–Crippen MR) is 216 cm³/mol. The van der Waals surface area contributed by atoms with Gasteiger partial charge in [-0.15, -0.1) is 0 Å². The number of furan rings is 1. The molecule has 1 spiro atoms. The molecule has 0 saturated heterocycles. The van der Waals surface area contributed by atoms with Crippen LogP contribution in [0.5, 0.6) is 11.5 Å². The zero-order chi connectivity index (χ0) is 34.9. The lowest BCUT2D eigenvalue weighted by atomic mass is 9.63. The van der Waals surface area contributed by atoms with Crippen LogP contribution >= 0.6 is 11.8 Å². The first kappa shape index (κ1) is 30.2. The molecular weight excluding hydrogens is 667 g/mol. The molecule has 11 rings (SSSR count). The van der Waals surface area contributed by atoms with Gasteiger partial charge < -0.3 is 14.1 Å². The molecule has 9 aromatic rings. The zero-order valence-electron chi connectivity index (χ0n) is 28.6. The number of hydrogen-bond donors (Lipinski definition) is 0. The van der Waals surface area contributed by atoms with E-state index in [1.807, 2.05) is 17.8 Å². The molecule has 0 radical (unpaired) electrons. The van der Waals surface area contributed by atoms with Crippen LogP contribution in [0.3, 0.4) is 0 Å². The van der Waals surface area contributed by atoms with Crippen LogP contribution in [0.15, 0.2) is 202 Å². The van der Waals surface area contributed by atoms with Crippen molar-refractivity contribution in [1.29, 1.82) is 0 Å². The fourth-order valence-corrected chi connectivity index (χ4v) is 9.65. The van der Waals surface area contributed by atoms with Crippen LogP contribution in [0.4, 0.5) is 17.1 Å². The van der Waals surface area contributed by atoms with E-state index in [0.29, 0.717) is 0 Å². The number of nitrogens with zero attached hydrogens (tertiary/aromatic N) is 1. The maximum absolute atomic E-state index is 6.63. The first-order valence-corrected chi connectivity index (χ1v) is 18.7. The second kappa shape index (κ2) is 11.8. The highest BCUT2D eigenvalue weighted by Gasteiger charge is 2.49. The van der Waals surface area contributed by atoms with E-state index in [1.54, 1.807) is 0 Å². The highest BCUT2D eigenvalue weighted by molar-refractivity contribution is 7.99. The molecule has 4 heteroatoms. The van der Waals surface area contributed by atoms with E-state index in [2.05, 4.69) is 187 Å². The summed E-state index contributed by atoms with van der Waals surface area (Å²) in [4.78, 5) is 4.83. The lowest BCUT2D eigenvalue weighted by Gasteiger charge is -2.45. The quantitative estimate of drug-likeness (QED) is 0.183. The van der Waals surface area contributed by atoms with E-state index in [4.69, 9.17) is 9.15 Å². The average Bonchev–Trinajstić information content (AvgIpc) is 3.59. The highest BCUT2D eigenvalue weighted by atomic mass is 32.2. The summed E-state index contributed by atoms with van der Waals surface area (Å²) in [6, 6.07) is 67.1. The average molecular weight is 698 g/mol. The van der Waals surface area contributed by atoms with Crippen molar-refractivity contribution in [3.63, 3.8) is 0 Å². The number of para-hydroxylation sites is 3. The fourth-order valence-electron chi connectivity index (χ4n) is 8.48. The van der Waals surface area contributed by atoms with Crippen molar-refractivity contribution in [2.24, 2.45) is 0 Å². The summed E-state index contributed by atoms with van der Waals surface area (Å²) in [5, 5.41) is 2.21. The molecule has 250 valence electrons. The molecule has 8 aromatic carbocycles. The van der Waals surface area contributed by atoms with Crippen molar-refractivity contribution >= 4 is 50.8 Å². The number of ether oxygens (including phenoxy) is 1. The van der Waals surface area contributed by atoms with Gasteiger partial charge in [0.1, 0.15) is 22.7 Å². The molecule has 1 aromatic heterocycles. The summed E-state index contributed by atoms with van der Waals surface area (Å²) in [6.45, 7) is 0. The lowest BCUT2D eigenvalue weighted by Crippen LogP contribution is -2.36. The minimum Gasteiger partial charge on any atom is -0.457 e. The van der Waals surface area contributed by atoms with Gasteiger partial charge in [-0.05, 0) is 95.1 Å². The smallest absolute Gasteiger partial charge is 0.137 e. The minimum atomic E-state index is -0.583. The predicted octanol–water partition coefficient (Wildman–Crippen LogP) is 13.7. The van der Waals surface area contributed by atoms with Crippen LogP contribution in [0.25, 0.3) is 33.1 Å². The standard InChI is InChI=1S/C49H31NO2S/c1-3-13-32(14-4-1)33-23-26-37-38-27-24-36(31-46(38)52-45(37)29-33)50(34-15-5-2-6-16-34)35-25-28-48-42(30-35)49(41-19-9-12-22-47(41)53-48)39-17-7-10-20-43(39)51-44-21-11-8-18-40(44)49/h1-31H. The van der Waals surface area contributed by atoms with E-state index in [0.717, 1.165) is 67.2 Å². The molecular formula is C49H31NO2S. The van der Waals surface area contributed by atoms with E-state index in [9.17, 15) is 0 Å². The molecule has 0 fully saturated rings. The third-order valence-corrected chi connectivity index (χ3v) is 11.9. The monoisotopic (exact) mass is 697 g/mol. The Morgan fingerprint density at radius 2 is 0.962 bits per heavy atom. The highest BCUT2D eigenvalue weighted by Crippen LogP contribution is 2.62. The van der Waals surface area contributed by atoms with Crippen LogP contribution in [0.2, 0.25) is 0 Å². The SMILES string of the molecule is c1ccc(-c2ccc3c(c2)oc2cc(N(c4ccccc4)c4ccc5c(c4)C4(c6ccccc6Oc6ccccc64)c4ccccc4S5)ccc23)cc1. The van der Waals surface area contributed by atoms with Crippen LogP contribution < -0.4 is 9.64 Å². The third-order valence-electron chi connectivity index (χ3n) is 10.8. The third kappa shape index (κ3) is 4.56. The fraction of sp³-hybridized carbons (Fsp3) is 0.0204. The number of benzene rings is 8. The molecule has 0 amide bonds. The van der Waals surface area contributed by atoms with Gasteiger partial charge in [0.25, 0.3) is 0 Å². The summed E-state index contributed by atoms with van der Waals surface area (Å²) >= 11 is 1.84. The van der Waals surface area contributed by atoms with E-state index >= 15 is 0 Å². The van der Waals surface area contributed by atoms with Gasteiger partial charge in [-0.2, -0.15) is 0 Å². The van der Waals surface area contributed by atoms with Gasteiger partial charge in [0.2, 0.25) is 0 Å². The Hall–Kier alpha value is -6.49. The Morgan fingerprint density at radius 3 is 1.72 bits per heavy atom. The van der Waals surface area contributed by atoms with E-state index in [1.165, 1.54) is 26.5 Å². The maximum Gasteiger partial charge on any atom is 0.137 e. The number of fused-ring (bicyclic) bond motifs is 11. The number of rotatable bonds is 4. The van der Waals surface area contributed by atoms with E-state index in [-0.39, 0.29) is 0 Å². The van der Waals surface area contributed by atoms with Crippen molar-refractivity contribution in [3.05, 3.63) is 210 Å². The minimum absolute atomic E-state index is 0.583.